The first-order valence-corrected chi connectivity index (χ1v) is 11.2. The van der Waals surface area contributed by atoms with Crippen molar-refractivity contribution in [1.29, 1.82) is 0 Å². The number of carbonyl (C=O) groups excluding carboxylic acids is 1. The van der Waals surface area contributed by atoms with Gasteiger partial charge in [-0.15, -0.1) is 23.1 Å². The zero-order valence-electron chi connectivity index (χ0n) is 15.8. The second-order valence-electron chi connectivity index (χ2n) is 6.61. The minimum Gasteiger partial charge on any atom is -0.454 e. The van der Waals surface area contributed by atoms with Gasteiger partial charge in [-0.05, 0) is 35.7 Å². The van der Waals surface area contributed by atoms with Gasteiger partial charge in [-0.1, -0.05) is 18.2 Å². The normalized spacial score (nSPS) is 14.4. The molecule has 2 aromatic carbocycles. The van der Waals surface area contributed by atoms with Crippen molar-refractivity contribution in [2.24, 2.45) is 9.98 Å². The molecule has 0 spiro atoms. The van der Waals surface area contributed by atoms with E-state index in [1.54, 1.807) is 29.5 Å². The fourth-order valence-corrected chi connectivity index (χ4v) is 4.63. The molecule has 8 heteroatoms. The molecule has 1 aromatic heterocycles. The summed E-state index contributed by atoms with van der Waals surface area (Å²) in [6.07, 6.45) is 0.594. The summed E-state index contributed by atoms with van der Waals surface area (Å²) in [4.78, 5) is 23.2. The highest BCUT2D eigenvalue weighted by Gasteiger charge is 2.18. The largest absolute Gasteiger partial charge is 0.454 e. The number of para-hydroxylation sites is 2. The average Bonchev–Trinajstić information content (AvgIpc) is 3.41. The molecule has 1 N–H and O–H groups in total. The highest BCUT2D eigenvalue weighted by molar-refractivity contribution is 8.14. The number of anilines is 1. The number of thioether (sulfide) groups is 1. The van der Waals surface area contributed by atoms with Gasteiger partial charge >= 0.3 is 0 Å². The van der Waals surface area contributed by atoms with Crippen molar-refractivity contribution in [1.82, 2.24) is 0 Å². The fraction of sp³-hybridized carbons (Fsp3) is 0.136. The number of hydrogen-bond acceptors (Lipinski definition) is 7. The molecule has 0 fully saturated rings. The highest BCUT2D eigenvalue weighted by Crippen LogP contribution is 2.35. The number of hydrogen-bond donors (Lipinski definition) is 1. The summed E-state index contributed by atoms with van der Waals surface area (Å²) >= 11 is 3.09. The van der Waals surface area contributed by atoms with Crippen LogP contribution in [0.25, 0.3) is 0 Å². The summed E-state index contributed by atoms with van der Waals surface area (Å²) in [5.74, 6) is 1.48. The number of rotatable bonds is 4. The number of thiophene rings is 1. The molecular weight excluding hydrogens is 418 g/mol. The Bertz CT molecular complexity index is 1160. The monoisotopic (exact) mass is 435 g/mol. The molecule has 0 bridgehead atoms. The van der Waals surface area contributed by atoms with E-state index in [0.29, 0.717) is 23.6 Å². The molecule has 0 aliphatic carbocycles. The molecule has 0 saturated heterocycles. The van der Waals surface area contributed by atoms with Gasteiger partial charge < -0.3 is 14.8 Å². The first-order valence-electron chi connectivity index (χ1n) is 9.35. The lowest BCUT2D eigenvalue weighted by Crippen LogP contribution is -2.16. The Morgan fingerprint density at radius 3 is 2.70 bits per heavy atom. The molecule has 3 heterocycles. The number of amides is 1. The zero-order valence-corrected chi connectivity index (χ0v) is 17.5. The van der Waals surface area contributed by atoms with Crippen molar-refractivity contribution in [3.05, 3.63) is 64.9 Å². The van der Waals surface area contributed by atoms with E-state index in [4.69, 9.17) is 19.5 Å². The van der Waals surface area contributed by atoms with E-state index in [9.17, 15) is 4.79 Å². The third kappa shape index (κ3) is 4.10. The van der Waals surface area contributed by atoms with E-state index >= 15 is 0 Å². The summed E-state index contributed by atoms with van der Waals surface area (Å²) in [6, 6.07) is 17.3. The van der Waals surface area contributed by atoms with Crippen LogP contribution in [0, 0.1) is 0 Å². The Morgan fingerprint density at radius 2 is 1.87 bits per heavy atom. The Kier molecular flexibility index (Phi) is 5.25. The summed E-state index contributed by atoms with van der Waals surface area (Å²) in [7, 11) is 0. The van der Waals surface area contributed by atoms with Gasteiger partial charge in [0.05, 0.1) is 27.9 Å². The average molecular weight is 436 g/mol. The molecule has 2 aliphatic rings. The molecule has 1 amide bonds. The Balaban J connectivity index is 1.30. The first-order chi connectivity index (χ1) is 14.7. The van der Waals surface area contributed by atoms with Crippen molar-refractivity contribution in [2.75, 3.05) is 17.9 Å². The van der Waals surface area contributed by atoms with Gasteiger partial charge in [-0.2, -0.15) is 0 Å². The molecule has 30 heavy (non-hydrogen) atoms. The van der Waals surface area contributed by atoms with Crippen LogP contribution in [0.5, 0.6) is 11.5 Å². The lowest BCUT2D eigenvalue weighted by atomic mass is 10.2. The Hall–Kier alpha value is -3.10. The molecule has 6 nitrogen and oxygen atoms in total. The Morgan fingerprint density at radius 1 is 1.03 bits per heavy atom. The van der Waals surface area contributed by atoms with Crippen LogP contribution in [0.4, 0.5) is 17.1 Å². The van der Waals surface area contributed by atoms with Gasteiger partial charge in [-0.3, -0.25) is 4.79 Å². The molecule has 3 aromatic rings. The molecule has 2 aliphatic heterocycles. The summed E-state index contributed by atoms with van der Waals surface area (Å²) < 4.78 is 10.7. The van der Waals surface area contributed by atoms with Crippen molar-refractivity contribution in [3.63, 3.8) is 0 Å². The quantitative estimate of drug-likeness (QED) is 0.595. The summed E-state index contributed by atoms with van der Waals surface area (Å²) in [6.45, 7) is 0.206. The van der Waals surface area contributed by atoms with Gasteiger partial charge in [0.15, 0.2) is 11.5 Å². The molecule has 5 rings (SSSR count). The molecule has 0 radical (unpaired) electrons. The van der Waals surface area contributed by atoms with Gasteiger partial charge in [0.1, 0.15) is 0 Å². The third-order valence-corrected chi connectivity index (χ3v) is 6.43. The van der Waals surface area contributed by atoms with Crippen molar-refractivity contribution in [3.8, 4) is 11.5 Å². The maximum Gasteiger partial charge on any atom is 0.234 e. The lowest BCUT2D eigenvalue weighted by molar-refractivity contribution is -0.113. The predicted molar refractivity (Wildman–Crippen MR) is 122 cm³/mol. The smallest absolute Gasteiger partial charge is 0.234 e. The molecular formula is C22H17N3O3S2. The van der Waals surface area contributed by atoms with Gasteiger partial charge in [0.25, 0.3) is 0 Å². The van der Waals surface area contributed by atoms with Crippen LogP contribution < -0.4 is 14.8 Å². The minimum absolute atomic E-state index is 0.103. The van der Waals surface area contributed by atoms with Gasteiger partial charge in [-0.25, -0.2) is 9.98 Å². The Labute approximate surface area is 181 Å². The number of benzene rings is 2. The number of ether oxygens (including phenoxy) is 2. The topological polar surface area (TPSA) is 72.3 Å². The standard InChI is InChI=1S/C22H17N3O3S2/c26-21(23-14-7-8-18-19(10-14)28-13-27-18)12-30-22-11-17(20-6-3-9-29-20)24-15-4-1-2-5-16(15)25-22/h1-10H,11-13H2,(H,23,26). The molecule has 150 valence electrons. The van der Waals surface area contributed by atoms with Gasteiger partial charge in [0.2, 0.25) is 12.7 Å². The minimum atomic E-state index is -0.103. The van der Waals surface area contributed by atoms with E-state index in [-0.39, 0.29) is 18.5 Å². The van der Waals surface area contributed by atoms with E-state index in [1.165, 1.54) is 11.8 Å². The van der Waals surface area contributed by atoms with E-state index in [1.807, 2.05) is 35.7 Å². The van der Waals surface area contributed by atoms with Crippen LogP contribution in [0.2, 0.25) is 0 Å². The van der Waals surface area contributed by atoms with Crippen molar-refractivity contribution < 1.29 is 14.3 Å². The fourth-order valence-electron chi connectivity index (χ4n) is 3.14. The van der Waals surface area contributed by atoms with Crippen LogP contribution >= 0.6 is 23.1 Å². The van der Waals surface area contributed by atoms with Crippen LogP contribution in [-0.2, 0) is 4.79 Å². The second-order valence-corrected chi connectivity index (χ2v) is 8.61. The first kappa shape index (κ1) is 18.9. The molecule has 0 saturated carbocycles. The lowest BCUT2D eigenvalue weighted by Gasteiger charge is -2.08. The highest BCUT2D eigenvalue weighted by atomic mass is 32.2. The van der Waals surface area contributed by atoms with E-state index in [2.05, 4.69) is 11.4 Å². The van der Waals surface area contributed by atoms with Crippen LogP contribution in [0.15, 0.2) is 70.0 Å². The molecule has 0 atom stereocenters. The summed E-state index contributed by atoms with van der Waals surface area (Å²) in [5, 5.41) is 5.81. The van der Waals surface area contributed by atoms with Crippen LogP contribution in [-0.4, -0.2) is 29.2 Å². The van der Waals surface area contributed by atoms with E-state index in [0.717, 1.165) is 27.0 Å². The number of aliphatic imine (C=N–C) groups is 2. The van der Waals surface area contributed by atoms with Gasteiger partial charge in [0, 0.05) is 23.1 Å². The number of nitrogens with one attached hydrogen (secondary N) is 1. The van der Waals surface area contributed by atoms with Crippen molar-refractivity contribution >= 4 is 56.8 Å². The van der Waals surface area contributed by atoms with Crippen LogP contribution in [0.3, 0.4) is 0 Å². The molecule has 0 unspecified atom stereocenters. The number of nitrogens with zero attached hydrogens (tertiary/aromatic N) is 2. The zero-order chi connectivity index (χ0) is 20.3. The maximum absolute atomic E-state index is 12.5. The predicted octanol–water partition coefficient (Wildman–Crippen LogP) is 5.40. The van der Waals surface area contributed by atoms with Crippen LogP contribution in [0.1, 0.15) is 11.3 Å². The van der Waals surface area contributed by atoms with Crippen molar-refractivity contribution in [2.45, 2.75) is 6.42 Å². The maximum atomic E-state index is 12.5. The SMILES string of the molecule is O=C(CSC1=Nc2ccccc2N=C(c2cccs2)C1)Nc1ccc2c(c1)OCO2. The number of fused-ring (bicyclic) bond motifs is 2. The third-order valence-electron chi connectivity index (χ3n) is 4.53. The van der Waals surface area contributed by atoms with E-state index < -0.39 is 0 Å². The number of carbonyl (C=O) groups is 1. The summed E-state index contributed by atoms with van der Waals surface area (Å²) in [5.41, 5.74) is 3.32. The second kappa shape index (κ2) is 8.33.